The number of hydrogen-bond donors (Lipinski definition) is 2. The molecule has 0 spiro atoms. The van der Waals surface area contributed by atoms with Crippen LogP contribution in [0.5, 0.6) is 5.75 Å². The van der Waals surface area contributed by atoms with Gasteiger partial charge in [0.1, 0.15) is 30.1 Å². The van der Waals surface area contributed by atoms with E-state index < -0.39 is 5.92 Å². The summed E-state index contributed by atoms with van der Waals surface area (Å²) in [6.07, 6.45) is 8.38. The number of aliphatic imine (C=N–C) groups is 1. The monoisotopic (exact) mass is 518 g/mol. The second kappa shape index (κ2) is 10.9. The first-order chi connectivity index (χ1) is 18.4. The zero-order chi connectivity index (χ0) is 26.5. The van der Waals surface area contributed by atoms with Crippen molar-refractivity contribution in [1.29, 1.82) is 0 Å². The Morgan fingerprint density at radius 1 is 1.16 bits per heavy atom. The van der Waals surface area contributed by atoms with Gasteiger partial charge < -0.3 is 15.8 Å². The van der Waals surface area contributed by atoms with E-state index in [1.54, 1.807) is 24.4 Å². The Labute approximate surface area is 218 Å². The van der Waals surface area contributed by atoms with Crippen LogP contribution in [0.15, 0.2) is 72.4 Å². The summed E-state index contributed by atoms with van der Waals surface area (Å²) in [7, 11) is 1.71. The number of likely N-dealkylation sites (tertiary alicyclic amines) is 1. The summed E-state index contributed by atoms with van der Waals surface area (Å²) in [5.41, 5.74) is 10.8. The van der Waals surface area contributed by atoms with E-state index in [2.05, 4.69) is 25.3 Å². The topological polar surface area (TPSA) is 106 Å². The average molecular weight is 519 g/mol. The van der Waals surface area contributed by atoms with E-state index in [9.17, 15) is 8.78 Å². The number of fused-ring (bicyclic) bond motifs is 1. The molecular formula is C27H28F2N8O. The Bertz CT molecular complexity index is 1460. The maximum atomic E-state index is 13.0. The van der Waals surface area contributed by atoms with Crippen molar-refractivity contribution in [3.63, 3.8) is 0 Å². The lowest BCUT2D eigenvalue weighted by molar-refractivity contribution is -0.132. The van der Waals surface area contributed by atoms with Crippen LogP contribution in [0.2, 0.25) is 0 Å². The van der Waals surface area contributed by atoms with Gasteiger partial charge in [-0.05, 0) is 17.2 Å². The molecule has 1 saturated heterocycles. The molecule has 3 N–H and O–H groups in total. The maximum Gasteiger partial charge on any atom is 0.272 e. The molecule has 5 rings (SSSR count). The third kappa shape index (κ3) is 5.78. The highest BCUT2D eigenvalue weighted by molar-refractivity contribution is 6.09. The highest BCUT2D eigenvalue weighted by Crippen LogP contribution is 2.26. The number of nitrogens with one attached hydrogen (secondary N) is 1. The summed E-state index contributed by atoms with van der Waals surface area (Å²) in [6, 6.07) is 13.6. The molecule has 0 saturated carbocycles. The fourth-order valence-corrected chi connectivity index (χ4v) is 4.25. The number of nitrogens with zero attached hydrogens (tertiary/aromatic N) is 6. The van der Waals surface area contributed by atoms with Crippen LogP contribution in [0, 0.1) is 0 Å². The van der Waals surface area contributed by atoms with Gasteiger partial charge in [-0.25, -0.2) is 23.7 Å². The number of ether oxygens (including phenoxy) is 1. The van der Waals surface area contributed by atoms with Crippen LogP contribution >= 0.6 is 0 Å². The molecule has 1 aliphatic rings. The average Bonchev–Trinajstić information content (AvgIpc) is 3.33. The van der Waals surface area contributed by atoms with Gasteiger partial charge in [-0.2, -0.15) is 0 Å². The van der Waals surface area contributed by atoms with Gasteiger partial charge >= 0.3 is 0 Å². The predicted octanol–water partition coefficient (Wildman–Crippen LogP) is 3.73. The predicted molar refractivity (Wildman–Crippen MR) is 143 cm³/mol. The number of pyridine rings is 1. The van der Waals surface area contributed by atoms with Gasteiger partial charge in [0.2, 0.25) is 0 Å². The van der Waals surface area contributed by atoms with E-state index in [0.717, 1.165) is 22.4 Å². The number of hydrogen-bond acceptors (Lipinski definition) is 8. The van der Waals surface area contributed by atoms with Crippen molar-refractivity contribution in [2.24, 2.45) is 10.7 Å². The zero-order valence-corrected chi connectivity index (χ0v) is 20.9. The van der Waals surface area contributed by atoms with Crippen LogP contribution < -0.4 is 15.8 Å². The first-order valence-electron chi connectivity index (χ1n) is 12.1. The number of allylic oxidation sites excluding steroid dienone is 1. The van der Waals surface area contributed by atoms with Crippen molar-refractivity contribution in [2.75, 3.05) is 38.6 Å². The summed E-state index contributed by atoms with van der Waals surface area (Å²) in [5.74, 6) is -1.25. The van der Waals surface area contributed by atoms with Crippen LogP contribution in [0.3, 0.4) is 0 Å². The molecule has 0 radical (unpaired) electrons. The molecule has 0 aliphatic carbocycles. The van der Waals surface area contributed by atoms with E-state index in [1.807, 2.05) is 53.1 Å². The molecule has 0 amide bonds. The number of benzene rings is 1. The minimum absolute atomic E-state index is 0.205. The van der Waals surface area contributed by atoms with E-state index in [0.29, 0.717) is 42.6 Å². The van der Waals surface area contributed by atoms with Crippen molar-refractivity contribution in [2.45, 2.75) is 12.5 Å². The van der Waals surface area contributed by atoms with E-state index >= 15 is 0 Å². The summed E-state index contributed by atoms with van der Waals surface area (Å²) >= 11 is 0. The Kier molecular flexibility index (Phi) is 7.27. The molecular weight excluding hydrogens is 490 g/mol. The number of anilines is 1. The summed E-state index contributed by atoms with van der Waals surface area (Å²) < 4.78 is 33.6. The molecule has 0 bridgehead atoms. The van der Waals surface area contributed by atoms with Gasteiger partial charge in [-0.15, -0.1) is 0 Å². The van der Waals surface area contributed by atoms with Crippen LogP contribution in [0.25, 0.3) is 22.6 Å². The molecule has 9 nitrogen and oxygen atoms in total. The largest absolute Gasteiger partial charge is 0.492 e. The van der Waals surface area contributed by atoms with E-state index in [1.165, 1.54) is 12.5 Å². The molecule has 1 aliphatic heterocycles. The van der Waals surface area contributed by atoms with Crippen molar-refractivity contribution < 1.29 is 13.5 Å². The molecule has 4 aromatic rings. The Morgan fingerprint density at radius 3 is 2.71 bits per heavy atom. The molecule has 1 aromatic carbocycles. The summed E-state index contributed by atoms with van der Waals surface area (Å²) in [6.45, 7) is 0.970. The number of rotatable bonds is 10. The van der Waals surface area contributed by atoms with Crippen molar-refractivity contribution in [1.82, 2.24) is 24.3 Å². The van der Waals surface area contributed by atoms with Crippen molar-refractivity contribution in [3.8, 4) is 17.1 Å². The minimum Gasteiger partial charge on any atom is -0.492 e. The molecule has 3 aromatic heterocycles. The van der Waals surface area contributed by atoms with Crippen LogP contribution in [-0.2, 0) is 6.54 Å². The molecule has 1 fully saturated rings. The number of halogens is 2. The Balaban J connectivity index is 1.21. The second-order valence-corrected chi connectivity index (χ2v) is 9.00. The number of nitrogens with two attached hydrogens (primary N) is 1. The van der Waals surface area contributed by atoms with Gasteiger partial charge in [-0.1, -0.05) is 24.3 Å². The van der Waals surface area contributed by atoms with Gasteiger partial charge in [0.15, 0.2) is 0 Å². The summed E-state index contributed by atoms with van der Waals surface area (Å²) in [4.78, 5) is 18.9. The number of aromatic nitrogens is 4. The zero-order valence-electron chi connectivity index (χ0n) is 20.9. The minimum atomic E-state index is -2.57. The fourth-order valence-electron chi connectivity index (χ4n) is 4.25. The van der Waals surface area contributed by atoms with E-state index in [-0.39, 0.29) is 13.1 Å². The first-order valence-corrected chi connectivity index (χ1v) is 12.1. The fraction of sp³-hybridized carbons (Fsp3) is 0.259. The molecule has 0 unspecified atom stereocenters. The molecule has 4 heterocycles. The molecule has 38 heavy (non-hydrogen) atoms. The normalized spacial score (nSPS) is 15.6. The SMILES string of the molecule is CN=C/C(=C\N)c1ccc(CNc2cc(-c3cnc4cc(OCCN5CC(F)(F)C5)ccn34)ncn2)cc1. The van der Waals surface area contributed by atoms with Gasteiger partial charge in [-0.3, -0.25) is 14.3 Å². The third-order valence-electron chi connectivity index (χ3n) is 6.21. The van der Waals surface area contributed by atoms with Crippen LogP contribution in [0.1, 0.15) is 11.1 Å². The highest BCUT2D eigenvalue weighted by atomic mass is 19.3. The van der Waals surface area contributed by atoms with Crippen molar-refractivity contribution in [3.05, 3.63) is 78.5 Å². The molecule has 0 atom stereocenters. The van der Waals surface area contributed by atoms with Crippen molar-refractivity contribution >= 4 is 23.3 Å². The van der Waals surface area contributed by atoms with Gasteiger partial charge in [0, 0.05) is 56.5 Å². The third-order valence-corrected chi connectivity index (χ3v) is 6.21. The first kappa shape index (κ1) is 25.3. The smallest absolute Gasteiger partial charge is 0.272 e. The molecule has 196 valence electrons. The lowest BCUT2D eigenvalue weighted by Gasteiger charge is -2.38. The van der Waals surface area contributed by atoms with E-state index in [4.69, 9.17) is 10.5 Å². The van der Waals surface area contributed by atoms with Crippen LogP contribution in [0.4, 0.5) is 14.6 Å². The number of imidazole rings is 1. The standard InChI is InChI=1S/C27H28F2N8O/c1-31-14-21(12-30)20-4-2-19(3-5-20)13-32-25-11-23(34-18-35-25)24-15-33-26-10-22(6-7-37(24)26)38-9-8-36-16-27(28,29)17-36/h2-7,10-12,14-15,18H,8-9,13,16-17,30H2,1H3,(H,32,34,35)/b21-12+,31-14?. The lowest BCUT2D eigenvalue weighted by atomic mass is 10.1. The number of alkyl halides is 2. The summed E-state index contributed by atoms with van der Waals surface area (Å²) in [5, 5.41) is 3.34. The van der Waals surface area contributed by atoms with Gasteiger partial charge in [0.05, 0.1) is 30.7 Å². The quantitative estimate of drug-likeness (QED) is 0.308. The molecule has 11 heteroatoms. The lowest BCUT2D eigenvalue weighted by Crippen LogP contribution is -2.56. The maximum absolute atomic E-state index is 13.0. The Hall–Kier alpha value is -4.38. The van der Waals surface area contributed by atoms with Gasteiger partial charge in [0.25, 0.3) is 5.92 Å². The van der Waals surface area contributed by atoms with Crippen LogP contribution in [-0.4, -0.2) is 69.7 Å². The highest BCUT2D eigenvalue weighted by Gasteiger charge is 2.43. The Morgan fingerprint density at radius 2 is 1.97 bits per heavy atom. The second-order valence-electron chi connectivity index (χ2n) is 9.00.